The standard InChI is InChI=1S/C17H25NO5/c1-5-9-17(3,16(20)21)18-15(19)12(2)23-11-13-7-6-8-14(10-13)22-4/h6-8,10,12H,5,9,11H2,1-4H3,(H,18,19)(H,20,21). The Morgan fingerprint density at radius 2 is 2.09 bits per heavy atom. The van der Waals surface area contributed by atoms with Crippen LogP contribution in [0.25, 0.3) is 0 Å². The maximum atomic E-state index is 12.2. The molecular weight excluding hydrogens is 298 g/mol. The van der Waals surface area contributed by atoms with Crippen LogP contribution in [0.5, 0.6) is 5.75 Å². The van der Waals surface area contributed by atoms with E-state index in [1.165, 1.54) is 6.92 Å². The number of hydrogen-bond acceptors (Lipinski definition) is 4. The molecule has 0 radical (unpaired) electrons. The van der Waals surface area contributed by atoms with Crippen LogP contribution in [-0.2, 0) is 20.9 Å². The molecule has 2 unspecified atom stereocenters. The predicted octanol–water partition coefficient (Wildman–Crippen LogP) is 2.36. The Morgan fingerprint density at radius 1 is 1.39 bits per heavy atom. The fourth-order valence-electron chi connectivity index (χ4n) is 2.16. The third kappa shape index (κ3) is 5.56. The first-order chi connectivity index (χ1) is 10.8. The minimum atomic E-state index is -1.28. The van der Waals surface area contributed by atoms with E-state index in [-0.39, 0.29) is 6.61 Å². The molecule has 6 heteroatoms. The molecule has 0 aliphatic heterocycles. The fourth-order valence-corrected chi connectivity index (χ4v) is 2.16. The van der Waals surface area contributed by atoms with Crippen LogP contribution in [0.4, 0.5) is 0 Å². The van der Waals surface area contributed by atoms with E-state index in [1.54, 1.807) is 14.0 Å². The first-order valence-electron chi connectivity index (χ1n) is 7.62. The van der Waals surface area contributed by atoms with E-state index >= 15 is 0 Å². The summed E-state index contributed by atoms with van der Waals surface area (Å²) in [5.74, 6) is -0.774. The molecule has 23 heavy (non-hydrogen) atoms. The highest BCUT2D eigenvalue weighted by Gasteiger charge is 2.35. The van der Waals surface area contributed by atoms with Crippen molar-refractivity contribution in [3.05, 3.63) is 29.8 Å². The first kappa shape index (κ1) is 19.0. The van der Waals surface area contributed by atoms with Gasteiger partial charge in [0.1, 0.15) is 17.4 Å². The monoisotopic (exact) mass is 323 g/mol. The number of nitrogens with one attached hydrogen (secondary N) is 1. The van der Waals surface area contributed by atoms with Gasteiger partial charge < -0.3 is 19.9 Å². The summed E-state index contributed by atoms with van der Waals surface area (Å²) in [6.07, 6.45) is 0.260. The molecule has 0 bridgehead atoms. The summed E-state index contributed by atoms with van der Waals surface area (Å²) < 4.78 is 10.7. The molecule has 0 heterocycles. The molecule has 2 N–H and O–H groups in total. The Bertz CT molecular complexity index is 546. The lowest BCUT2D eigenvalue weighted by atomic mass is 9.96. The quantitative estimate of drug-likeness (QED) is 0.729. The van der Waals surface area contributed by atoms with Crippen LogP contribution in [0.2, 0.25) is 0 Å². The summed E-state index contributed by atoms with van der Waals surface area (Å²) in [5.41, 5.74) is -0.405. The van der Waals surface area contributed by atoms with Gasteiger partial charge in [0.05, 0.1) is 13.7 Å². The van der Waals surface area contributed by atoms with Gasteiger partial charge in [0.25, 0.3) is 0 Å². The number of hydrogen-bond donors (Lipinski definition) is 2. The number of methoxy groups -OCH3 is 1. The molecule has 0 saturated carbocycles. The van der Waals surface area contributed by atoms with Crippen molar-refractivity contribution in [1.82, 2.24) is 5.32 Å². The average molecular weight is 323 g/mol. The second-order valence-electron chi connectivity index (χ2n) is 5.68. The average Bonchev–Trinajstić information content (AvgIpc) is 2.52. The number of carboxylic acid groups (broad SMARTS) is 1. The molecule has 0 aromatic heterocycles. The second-order valence-corrected chi connectivity index (χ2v) is 5.68. The van der Waals surface area contributed by atoms with Crippen LogP contribution < -0.4 is 10.1 Å². The minimum absolute atomic E-state index is 0.239. The number of carboxylic acids is 1. The zero-order valence-corrected chi connectivity index (χ0v) is 14.1. The van der Waals surface area contributed by atoms with Gasteiger partial charge in [-0.3, -0.25) is 4.79 Å². The molecule has 0 aliphatic carbocycles. The predicted molar refractivity (Wildman–Crippen MR) is 86.3 cm³/mol. The molecule has 1 aromatic rings. The molecule has 0 fully saturated rings. The van der Waals surface area contributed by atoms with Gasteiger partial charge in [0.15, 0.2) is 0 Å². The van der Waals surface area contributed by atoms with Crippen molar-refractivity contribution in [3.8, 4) is 5.75 Å². The Morgan fingerprint density at radius 3 is 2.65 bits per heavy atom. The molecule has 2 atom stereocenters. The number of ether oxygens (including phenoxy) is 2. The normalized spacial score (nSPS) is 14.6. The summed E-state index contributed by atoms with van der Waals surface area (Å²) in [6.45, 7) is 5.22. The van der Waals surface area contributed by atoms with Crippen molar-refractivity contribution >= 4 is 11.9 Å². The van der Waals surface area contributed by atoms with E-state index in [0.29, 0.717) is 18.6 Å². The molecule has 128 valence electrons. The second kappa shape index (κ2) is 8.53. The van der Waals surface area contributed by atoms with E-state index < -0.39 is 23.5 Å². The fraction of sp³-hybridized carbons (Fsp3) is 0.529. The van der Waals surface area contributed by atoms with Crippen molar-refractivity contribution in [3.63, 3.8) is 0 Å². The molecule has 1 amide bonds. The molecule has 0 saturated heterocycles. The molecule has 1 rings (SSSR count). The van der Waals surface area contributed by atoms with E-state index in [9.17, 15) is 14.7 Å². The summed E-state index contributed by atoms with van der Waals surface area (Å²) in [7, 11) is 1.58. The first-order valence-corrected chi connectivity index (χ1v) is 7.62. The van der Waals surface area contributed by atoms with Gasteiger partial charge in [-0.25, -0.2) is 4.79 Å². The van der Waals surface area contributed by atoms with Crippen molar-refractivity contribution in [2.75, 3.05) is 7.11 Å². The maximum absolute atomic E-state index is 12.2. The molecule has 0 spiro atoms. The summed E-state index contributed by atoms with van der Waals surface area (Å²) in [6, 6.07) is 7.35. The van der Waals surface area contributed by atoms with Gasteiger partial charge in [0.2, 0.25) is 5.91 Å². The summed E-state index contributed by atoms with van der Waals surface area (Å²) >= 11 is 0. The highest BCUT2D eigenvalue weighted by atomic mass is 16.5. The van der Waals surface area contributed by atoms with Gasteiger partial charge in [-0.2, -0.15) is 0 Å². The number of carbonyl (C=O) groups excluding carboxylic acids is 1. The zero-order valence-electron chi connectivity index (χ0n) is 14.1. The number of amides is 1. The highest BCUT2D eigenvalue weighted by molar-refractivity contribution is 5.88. The van der Waals surface area contributed by atoms with E-state index in [2.05, 4.69) is 5.32 Å². The minimum Gasteiger partial charge on any atom is -0.497 e. The van der Waals surface area contributed by atoms with Gasteiger partial charge >= 0.3 is 5.97 Å². The van der Waals surface area contributed by atoms with E-state index in [0.717, 1.165) is 5.56 Å². The lowest BCUT2D eigenvalue weighted by Crippen LogP contribution is -2.54. The zero-order chi connectivity index (χ0) is 17.5. The number of benzene rings is 1. The van der Waals surface area contributed by atoms with Crippen LogP contribution in [0, 0.1) is 0 Å². The molecule has 6 nitrogen and oxygen atoms in total. The third-order valence-electron chi connectivity index (χ3n) is 3.62. The Kier molecular flexibility index (Phi) is 7.03. The van der Waals surface area contributed by atoms with Crippen LogP contribution in [0.3, 0.4) is 0 Å². The van der Waals surface area contributed by atoms with E-state index in [1.807, 2.05) is 31.2 Å². The molecular formula is C17H25NO5. The lowest BCUT2D eigenvalue weighted by molar-refractivity contribution is -0.149. The van der Waals surface area contributed by atoms with Crippen LogP contribution >= 0.6 is 0 Å². The molecule has 0 aliphatic rings. The topological polar surface area (TPSA) is 84.9 Å². The number of rotatable bonds is 9. The Balaban J connectivity index is 2.61. The summed E-state index contributed by atoms with van der Waals surface area (Å²) in [5, 5.41) is 11.9. The lowest BCUT2D eigenvalue weighted by Gasteiger charge is -2.27. The maximum Gasteiger partial charge on any atom is 0.329 e. The summed E-state index contributed by atoms with van der Waals surface area (Å²) in [4.78, 5) is 23.5. The van der Waals surface area contributed by atoms with Crippen LogP contribution in [0.1, 0.15) is 39.2 Å². The largest absolute Gasteiger partial charge is 0.497 e. The van der Waals surface area contributed by atoms with Crippen molar-refractivity contribution in [2.45, 2.75) is 51.9 Å². The third-order valence-corrected chi connectivity index (χ3v) is 3.62. The van der Waals surface area contributed by atoms with Crippen LogP contribution in [0.15, 0.2) is 24.3 Å². The Hall–Kier alpha value is -2.08. The molecule has 1 aromatic carbocycles. The highest BCUT2D eigenvalue weighted by Crippen LogP contribution is 2.15. The number of carbonyl (C=O) groups is 2. The van der Waals surface area contributed by atoms with E-state index in [4.69, 9.17) is 9.47 Å². The van der Waals surface area contributed by atoms with Crippen molar-refractivity contribution in [2.24, 2.45) is 0 Å². The number of aliphatic carboxylic acids is 1. The SMILES string of the molecule is CCCC(C)(NC(=O)C(C)OCc1cccc(OC)c1)C(=O)O. The smallest absolute Gasteiger partial charge is 0.329 e. The van der Waals surface area contributed by atoms with Gasteiger partial charge in [0, 0.05) is 0 Å². The van der Waals surface area contributed by atoms with Crippen molar-refractivity contribution in [1.29, 1.82) is 0 Å². The van der Waals surface area contributed by atoms with Gasteiger partial charge in [-0.1, -0.05) is 25.5 Å². The van der Waals surface area contributed by atoms with Crippen LogP contribution in [-0.4, -0.2) is 35.7 Å². The van der Waals surface area contributed by atoms with Gasteiger partial charge in [-0.15, -0.1) is 0 Å². The van der Waals surface area contributed by atoms with Crippen molar-refractivity contribution < 1.29 is 24.2 Å². The Labute approximate surface area is 136 Å². The van der Waals surface area contributed by atoms with Gasteiger partial charge in [-0.05, 0) is 38.0 Å².